The van der Waals surface area contributed by atoms with Crippen LogP contribution in [0.25, 0.3) is 5.76 Å². The van der Waals surface area contributed by atoms with Gasteiger partial charge in [0.2, 0.25) is 0 Å². The van der Waals surface area contributed by atoms with Gasteiger partial charge >= 0.3 is 0 Å². The molecular formula is C28H28N2O5. The summed E-state index contributed by atoms with van der Waals surface area (Å²) in [5.74, 6) is -0.897. The molecule has 1 N–H and O–H groups in total. The summed E-state index contributed by atoms with van der Waals surface area (Å²) in [5, 5.41) is 11.5. The fourth-order valence-corrected chi connectivity index (χ4v) is 4.25. The van der Waals surface area contributed by atoms with Gasteiger partial charge in [-0.05, 0) is 69.2 Å². The van der Waals surface area contributed by atoms with Gasteiger partial charge in [-0.3, -0.25) is 19.5 Å². The van der Waals surface area contributed by atoms with Crippen LogP contribution in [0.1, 0.15) is 42.3 Å². The highest BCUT2D eigenvalue weighted by atomic mass is 16.5. The lowest BCUT2D eigenvalue weighted by atomic mass is 9.97. The molecule has 1 aliphatic heterocycles. The van der Waals surface area contributed by atoms with Gasteiger partial charge in [-0.1, -0.05) is 18.2 Å². The van der Waals surface area contributed by atoms with Crippen LogP contribution in [0.3, 0.4) is 0 Å². The van der Waals surface area contributed by atoms with Crippen molar-refractivity contribution in [1.82, 2.24) is 4.98 Å². The molecule has 1 unspecified atom stereocenters. The summed E-state index contributed by atoms with van der Waals surface area (Å²) >= 11 is 0. The average molecular weight is 473 g/mol. The zero-order valence-electron chi connectivity index (χ0n) is 20.2. The fourth-order valence-electron chi connectivity index (χ4n) is 4.25. The summed E-state index contributed by atoms with van der Waals surface area (Å²) in [6.07, 6.45) is 1.60. The van der Waals surface area contributed by atoms with E-state index in [1.165, 1.54) is 4.90 Å². The van der Waals surface area contributed by atoms with Crippen molar-refractivity contribution in [3.8, 4) is 11.5 Å². The van der Waals surface area contributed by atoms with Crippen LogP contribution in [0.15, 0.2) is 66.4 Å². The summed E-state index contributed by atoms with van der Waals surface area (Å²) in [6, 6.07) is 15.1. The molecule has 0 radical (unpaired) electrons. The zero-order chi connectivity index (χ0) is 25.1. The number of ether oxygens (including phenoxy) is 2. The number of pyridine rings is 1. The first-order valence-electron chi connectivity index (χ1n) is 11.6. The van der Waals surface area contributed by atoms with E-state index in [2.05, 4.69) is 4.98 Å². The van der Waals surface area contributed by atoms with Crippen molar-refractivity contribution >= 4 is 23.1 Å². The van der Waals surface area contributed by atoms with Gasteiger partial charge in [0, 0.05) is 18.0 Å². The van der Waals surface area contributed by atoms with E-state index in [9.17, 15) is 14.7 Å². The van der Waals surface area contributed by atoms with Crippen LogP contribution >= 0.6 is 0 Å². The number of aromatic nitrogens is 1. The number of benzene rings is 2. The molecule has 3 aromatic rings. The zero-order valence-corrected chi connectivity index (χ0v) is 20.2. The second-order valence-corrected chi connectivity index (χ2v) is 8.24. The largest absolute Gasteiger partial charge is 0.507 e. The molecule has 1 amide bonds. The van der Waals surface area contributed by atoms with Gasteiger partial charge in [-0.15, -0.1) is 0 Å². The molecule has 0 aliphatic carbocycles. The maximum atomic E-state index is 13.4. The predicted molar refractivity (Wildman–Crippen MR) is 134 cm³/mol. The minimum atomic E-state index is -0.905. The van der Waals surface area contributed by atoms with Crippen LogP contribution in [0.4, 0.5) is 5.69 Å². The molecule has 35 heavy (non-hydrogen) atoms. The Morgan fingerprint density at radius 1 is 1.00 bits per heavy atom. The van der Waals surface area contributed by atoms with Gasteiger partial charge in [-0.2, -0.15) is 0 Å². The lowest BCUT2D eigenvalue weighted by Crippen LogP contribution is -2.30. The Kier molecular flexibility index (Phi) is 6.87. The molecule has 1 saturated heterocycles. The van der Waals surface area contributed by atoms with Crippen LogP contribution in [-0.4, -0.2) is 35.0 Å². The highest BCUT2D eigenvalue weighted by Crippen LogP contribution is 2.44. The van der Waals surface area contributed by atoms with E-state index in [1.807, 2.05) is 45.9 Å². The quantitative estimate of drug-likeness (QED) is 0.292. The average Bonchev–Trinajstić information content (AvgIpc) is 3.12. The Bertz CT molecular complexity index is 1300. The second kappa shape index (κ2) is 10.0. The van der Waals surface area contributed by atoms with Crippen LogP contribution in [0.5, 0.6) is 11.5 Å². The number of nitrogens with zero attached hydrogens (tertiary/aromatic N) is 2. The van der Waals surface area contributed by atoms with Crippen molar-refractivity contribution < 1.29 is 24.2 Å². The minimum absolute atomic E-state index is 0.0419. The molecule has 1 aromatic heterocycles. The van der Waals surface area contributed by atoms with Gasteiger partial charge in [0.05, 0.1) is 30.0 Å². The fraction of sp³-hybridized carbons (Fsp3) is 0.250. The van der Waals surface area contributed by atoms with Crippen LogP contribution in [-0.2, 0) is 9.59 Å². The van der Waals surface area contributed by atoms with E-state index in [-0.39, 0.29) is 11.3 Å². The number of hydrogen-bond acceptors (Lipinski definition) is 6. The molecule has 0 saturated carbocycles. The number of aliphatic hydroxyl groups excluding tert-OH is 1. The Morgan fingerprint density at radius 3 is 2.46 bits per heavy atom. The molecule has 2 aromatic carbocycles. The maximum absolute atomic E-state index is 13.4. The number of hydrogen-bond donors (Lipinski definition) is 1. The summed E-state index contributed by atoms with van der Waals surface area (Å²) < 4.78 is 11.3. The number of carbonyl (C=O) groups excluding carboxylic acids is 2. The topological polar surface area (TPSA) is 89.0 Å². The number of aryl methyl sites for hydroxylation is 2. The lowest BCUT2D eigenvalue weighted by molar-refractivity contribution is -0.132. The Morgan fingerprint density at radius 2 is 1.77 bits per heavy atom. The Hall–Kier alpha value is -4.13. The molecule has 180 valence electrons. The second-order valence-electron chi connectivity index (χ2n) is 8.24. The molecule has 7 heteroatoms. The summed E-state index contributed by atoms with van der Waals surface area (Å²) in [7, 11) is 0. The van der Waals surface area contributed by atoms with Crippen molar-refractivity contribution in [3.63, 3.8) is 0 Å². The van der Waals surface area contributed by atoms with Crippen molar-refractivity contribution in [2.45, 2.75) is 33.7 Å². The number of rotatable bonds is 7. The van der Waals surface area contributed by atoms with E-state index >= 15 is 0 Å². The van der Waals surface area contributed by atoms with E-state index in [0.29, 0.717) is 41.7 Å². The van der Waals surface area contributed by atoms with Crippen molar-refractivity contribution in [1.29, 1.82) is 0 Å². The smallest absolute Gasteiger partial charge is 0.300 e. The van der Waals surface area contributed by atoms with E-state index in [0.717, 1.165) is 11.1 Å². The van der Waals surface area contributed by atoms with Crippen LogP contribution in [0, 0.1) is 13.8 Å². The third-order valence-corrected chi connectivity index (χ3v) is 5.86. The Labute approximate surface area is 204 Å². The highest BCUT2D eigenvalue weighted by Gasteiger charge is 2.48. The monoisotopic (exact) mass is 472 g/mol. The van der Waals surface area contributed by atoms with Crippen molar-refractivity contribution in [2.75, 3.05) is 18.1 Å². The third kappa shape index (κ3) is 4.49. The molecule has 4 rings (SSSR count). The van der Waals surface area contributed by atoms with E-state index in [4.69, 9.17) is 9.47 Å². The van der Waals surface area contributed by atoms with Crippen LogP contribution < -0.4 is 14.4 Å². The summed E-state index contributed by atoms with van der Waals surface area (Å²) in [6.45, 7) is 8.31. The number of amides is 1. The normalized spacial score (nSPS) is 17.0. The lowest BCUT2D eigenvalue weighted by Gasteiger charge is -2.26. The molecule has 7 nitrogen and oxygen atoms in total. The van der Waals surface area contributed by atoms with Gasteiger partial charge in [0.25, 0.3) is 11.7 Å². The number of Topliss-reactive ketones (excluding diaryl/α,β-unsaturated/α-hetero) is 1. The van der Waals surface area contributed by atoms with Crippen LogP contribution in [0.2, 0.25) is 0 Å². The molecule has 1 aliphatic rings. The molecule has 0 spiro atoms. The number of ketones is 1. The molecule has 2 heterocycles. The molecule has 1 fully saturated rings. The Balaban J connectivity index is 1.96. The number of carbonyl (C=O) groups is 2. The van der Waals surface area contributed by atoms with Crippen molar-refractivity contribution in [2.24, 2.45) is 0 Å². The summed E-state index contributed by atoms with van der Waals surface area (Å²) in [4.78, 5) is 32.7. The van der Waals surface area contributed by atoms with Gasteiger partial charge in [-0.25, -0.2) is 0 Å². The van der Waals surface area contributed by atoms with Gasteiger partial charge in [0.1, 0.15) is 23.3 Å². The first-order chi connectivity index (χ1) is 16.9. The standard InChI is InChI=1S/C28H28N2O5/c1-5-34-19-12-13-20(23(16-19)35-6-2)26(31)24-25(21-9-7-8-14-29-21)30(28(33)27(24)32)22-15-17(3)10-11-18(22)4/h7-16,25,31H,5-6H2,1-4H3/b26-24-. The summed E-state index contributed by atoms with van der Waals surface area (Å²) in [5.41, 5.74) is 3.10. The predicted octanol–water partition coefficient (Wildman–Crippen LogP) is 5.12. The molecular weight excluding hydrogens is 444 g/mol. The SMILES string of the molecule is CCOc1ccc(/C(O)=C2/C(=O)C(=O)N(c3cc(C)ccc3C)C2c2ccccn2)c(OCC)c1. The van der Waals surface area contributed by atoms with E-state index < -0.39 is 17.7 Å². The first-order valence-corrected chi connectivity index (χ1v) is 11.6. The maximum Gasteiger partial charge on any atom is 0.300 e. The first kappa shape index (κ1) is 24.0. The van der Waals surface area contributed by atoms with Gasteiger partial charge in [0.15, 0.2) is 0 Å². The minimum Gasteiger partial charge on any atom is -0.507 e. The number of aliphatic hydroxyl groups is 1. The van der Waals surface area contributed by atoms with Gasteiger partial charge < -0.3 is 14.6 Å². The van der Waals surface area contributed by atoms with Crippen molar-refractivity contribution in [3.05, 3.63) is 88.8 Å². The molecule has 0 bridgehead atoms. The highest BCUT2D eigenvalue weighted by molar-refractivity contribution is 6.51. The third-order valence-electron chi connectivity index (χ3n) is 5.86. The number of anilines is 1. The molecule has 1 atom stereocenters. The van der Waals surface area contributed by atoms with E-state index in [1.54, 1.807) is 42.6 Å².